The van der Waals surface area contributed by atoms with Crippen LogP contribution in [-0.4, -0.2) is 42.6 Å². The SMILES string of the molecule is CN(C)CCNC(=O)c1ccc(-n2c(-c3ccccc3)cc3c2CCCCC3)cc1. The minimum Gasteiger partial charge on any atom is -0.351 e. The molecule has 1 N–H and O–H groups in total. The van der Waals surface area contributed by atoms with Gasteiger partial charge in [0.2, 0.25) is 0 Å². The molecule has 0 radical (unpaired) electrons. The summed E-state index contributed by atoms with van der Waals surface area (Å²) in [6.07, 6.45) is 6.04. The van der Waals surface area contributed by atoms with Gasteiger partial charge in [0, 0.05) is 30.0 Å². The van der Waals surface area contributed by atoms with Crippen molar-refractivity contribution in [3.8, 4) is 16.9 Å². The van der Waals surface area contributed by atoms with Crippen molar-refractivity contribution in [2.24, 2.45) is 0 Å². The molecule has 30 heavy (non-hydrogen) atoms. The minimum absolute atomic E-state index is 0.0157. The van der Waals surface area contributed by atoms with Crippen LogP contribution < -0.4 is 5.32 Å². The first-order valence-corrected chi connectivity index (χ1v) is 11.0. The molecule has 0 unspecified atom stereocenters. The average Bonchev–Trinajstić information content (AvgIpc) is 2.96. The van der Waals surface area contributed by atoms with Crippen LogP contribution in [0.15, 0.2) is 60.7 Å². The van der Waals surface area contributed by atoms with Gasteiger partial charge in [-0.2, -0.15) is 0 Å². The summed E-state index contributed by atoms with van der Waals surface area (Å²) in [6.45, 7) is 1.48. The van der Waals surface area contributed by atoms with Gasteiger partial charge in [0.25, 0.3) is 5.91 Å². The summed E-state index contributed by atoms with van der Waals surface area (Å²) in [5.74, 6) is -0.0157. The van der Waals surface area contributed by atoms with Crippen LogP contribution in [0, 0.1) is 0 Å². The smallest absolute Gasteiger partial charge is 0.251 e. The van der Waals surface area contributed by atoms with Gasteiger partial charge in [-0.25, -0.2) is 0 Å². The molecule has 1 heterocycles. The predicted molar refractivity (Wildman–Crippen MR) is 123 cm³/mol. The third-order valence-corrected chi connectivity index (χ3v) is 5.85. The first-order chi connectivity index (χ1) is 14.6. The van der Waals surface area contributed by atoms with E-state index >= 15 is 0 Å². The Morgan fingerprint density at radius 1 is 0.967 bits per heavy atom. The summed E-state index contributed by atoms with van der Waals surface area (Å²) in [5, 5.41) is 2.99. The standard InChI is InChI=1S/C26H31N3O/c1-28(2)18-17-27-26(30)21-13-15-23(16-14-21)29-24-12-8-4-7-11-22(24)19-25(29)20-9-5-3-6-10-20/h3,5-6,9-10,13-16,19H,4,7-8,11-12,17-18H2,1-2H3,(H,27,30). The van der Waals surface area contributed by atoms with Crippen LogP contribution in [-0.2, 0) is 12.8 Å². The molecule has 156 valence electrons. The lowest BCUT2D eigenvalue weighted by molar-refractivity contribution is 0.0951. The number of hydrogen-bond acceptors (Lipinski definition) is 2. The van der Waals surface area contributed by atoms with Gasteiger partial charge in [0.15, 0.2) is 0 Å². The molecule has 1 aliphatic rings. The van der Waals surface area contributed by atoms with Crippen LogP contribution in [0.1, 0.15) is 40.9 Å². The lowest BCUT2D eigenvalue weighted by Gasteiger charge is -2.15. The molecule has 1 aromatic heterocycles. The fourth-order valence-electron chi connectivity index (χ4n) is 4.25. The monoisotopic (exact) mass is 401 g/mol. The summed E-state index contributed by atoms with van der Waals surface area (Å²) in [6, 6.07) is 21.0. The van der Waals surface area contributed by atoms with Crippen LogP contribution >= 0.6 is 0 Å². The molecular formula is C26H31N3O. The van der Waals surface area contributed by atoms with E-state index in [4.69, 9.17) is 0 Å². The van der Waals surface area contributed by atoms with Gasteiger partial charge in [-0.1, -0.05) is 36.8 Å². The van der Waals surface area contributed by atoms with Gasteiger partial charge in [-0.05, 0) is 81.2 Å². The van der Waals surface area contributed by atoms with Crippen molar-refractivity contribution >= 4 is 5.91 Å². The highest BCUT2D eigenvalue weighted by atomic mass is 16.1. The average molecular weight is 402 g/mol. The number of amides is 1. The summed E-state index contributed by atoms with van der Waals surface area (Å²) >= 11 is 0. The quantitative estimate of drug-likeness (QED) is 0.608. The molecule has 1 amide bonds. The Morgan fingerprint density at radius 3 is 2.43 bits per heavy atom. The number of nitrogens with one attached hydrogen (secondary N) is 1. The van der Waals surface area contributed by atoms with Crippen LogP contribution in [0.5, 0.6) is 0 Å². The molecular weight excluding hydrogens is 370 g/mol. The molecule has 0 atom stereocenters. The number of rotatable bonds is 6. The highest BCUT2D eigenvalue weighted by Crippen LogP contribution is 2.33. The van der Waals surface area contributed by atoms with Crippen molar-refractivity contribution in [3.05, 3.63) is 77.5 Å². The van der Waals surface area contributed by atoms with Crippen molar-refractivity contribution in [2.45, 2.75) is 32.1 Å². The second kappa shape index (κ2) is 9.31. The van der Waals surface area contributed by atoms with Gasteiger partial charge < -0.3 is 14.8 Å². The zero-order valence-electron chi connectivity index (χ0n) is 18.0. The van der Waals surface area contributed by atoms with Crippen molar-refractivity contribution in [1.82, 2.24) is 14.8 Å². The lowest BCUT2D eigenvalue weighted by Crippen LogP contribution is -2.31. The van der Waals surface area contributed by atoms with E-state index in [0.717, 1.165) is 25.1 Å². The fourth-order valence-corrected chi connectivity index (χ4v) is 4.25. The number of carbonyl (C=O) groups is 1. The molecule has 0 fully saturated rings. The number of fused-ring (bicyclic) bond motifs is 1. The zero-order valence-corrected chi connectivity index (χ0v) is 18.0. The van der Waals surface area contributed by atoms with Crippen LogP contribution in [0.25, 0.3) is 16.9 Å². The van der Waals surface area contributed by atoms with Crippen molar-refractivity contribution in [3.63, 3.8) is 0 Å². The number of carbonyl (C=O) groups excluding carboxylic acids is 1. The molecule has 4 nitrogen and oxygen atoms in total. The fraction of sp³-hybridized carbons (Fsp3) is 0.346. The van der Waals surface area contributed by atoms with E-state index in [2.05, 4.69) is 63.3 Å². The van der Waals surface area contributed by atoms with E-state index in [9.17, 15) is 4.79 Å². The lowest BCUT2D eigenvalue weighted by atomic mass is 10.1. The second-order valence-electron chi connectivity index (χ2n) is 8.37. The van der Waals surface area contributed by atoms with Crippen molar-refractivity contribution in [2.75, 3.05) is 27.2 Å². The largest absolute Gasteiger partial charge is 0.351 e. The number of aromatic nitrogens is 1. The highest BCUT2D eigenvalue weighted by Gasteiger charge is 2.19. The molecule has 2 aromatic carbocycles. The molecule has 3 aromatic rings. The van der Waals surface area contributed by atoms with Gasteiger partial charge in [-0.3, -0.25) is 4.79 Å². The van der Waals surface area contributed by atoms with E-state index < -0.39 is 0 Å². The number of aryl methyl sites for hydroxylation is 1. The summed E-state index contributed by atoms with van der Waals surface area (Å²) in [7, 11) is 4.01. The zero-order chi connectivity index (χ0) is 20.9. The third kappa shape index (κ3) is 4.49. The van der Waals surface area contributed by atoms with Gasteiger partial charge >= 0.3 is 0 Å². The number of benzene rings is 2. The van der Waals surface area contributed by atoms with Crippen LogP contribution in [0.3, 0.4) is 0 Å². The highest BCUT2D eigenvalue weighted by molar-refractivity contribution is 5.94. The number of hydrogen-bond donors (Lipinski definition) is 1. The van der Waals surface area contributed by atoms with E-state index in [1.54, 1.807) is 0 Å². The minimum atomic E-state index is -0.0157. The summed E-state index contributed by atoms with van der Waals surface area (Å²) < 4.78 is 2.41. The van der Waals surface area contributed by atoms with E-state index in [1.807, 2.05) is 26.2 Å². The van der Waals surface area contributed by atoms with Crippen molar-refractivity contribution in [1.29, 1.82) is 0 Å². The Balaban J connectivity index is 1.66. The maximum atomic E-state index is 12.5. The molecule has 4 heteroatoms. The molecule has 1 aliphatic carbocycles. The first kappa shape index (κ1) is 20.4. The molecule has 0 spiro atoms. The van der Waals surface area contributed by atoms with Crippen LogP contribution in [0.4, 0.5) is 0 Å². The van der Waals surface area contributed by atoms with E-state index in [1.165, 1.54) is 41.8 Å². The maximum absolute atomic E-state index is 12.5. The van der Waals surface area contributed by atoms with Gasteiger partial charge in [0.05, 0.1) is 5.69 Å². The van der Waals surface area contributed by atoms with Crippen LogP contribution in [0.2, 0.25) is 0 Å². The second-order valence-corrected chi connectivity index (χ2v) is 8.37. The predicted octanol–water partition coefficient (Wildman–Crippen LogP) is 4.70. The first-order valence-electron chi connectivity index (χ1n) is 11.0. The Hall–Kier alpha value is -2.85. The summed E-state index contributed by atoms with van der Waals surface area (Å²) in [4.78, 5) is 14.5. The molecule has 4 rings (SSSR count). The maximum Gasteiger partial charge on any atom is 0.251 e. The molecule has 0 bridgehead atoms. The van der Waals surface area contributed by atoms with E-state index in [0.29, 0.717) is 12.1 Å². The Kier molecular flexibility index (Phi) is 6.34. The molecule has 0 aliphatic heterocycles. The molecule has 0 saturated carbocycles. The normalized spacial score (nSPS) is 13.7. The Bertz CT molecular complexity index is 987. The Morgan fingerprint density at radius 2 is 1.70 bits per heavy atom. The molecule has 0 saturated heterocycles. The Labute approximate surface area is 179 Å². The van der Waals surface area contributed by atoms with Gasteiger partial charge in [-0.15, -0.1) is 0 Å². The number of likely N-dealkylation sites (N-methyl/N-ethyl adjacent to an activating group) is 1. The van der Waals surface area contributed by atoms with E-state index in [-0.39, 0.29) is 5.91 Å². The van der Waals surface area contributed by atoms with Gasteiger partial charge in [0.1, 0.15) is 0 Å². The number of nitrogens with zero attached hydrogens (tertiary/aromatic N) is 2. The topological polar surface area (TPSA) is 37.3 Å². The summed E-state index contributed by atoms with van der Waals surface area (Å²) in [5.41, 5.74) is 7.20. The van der Waals surface area contributed by atoms with Crippen molar-refractivity contribution < 1.29 is 4.79 Å². The third-order valence-electron chi connectivity index (χ3n) is 5.85.